The molecule has 2 aromatic rings. The number of amides is 3. The standard InChI is InChI=1S/C21H25FN4O2/c22-18-8-6-15(7-9-18)11-24-21(28)25-12-20(27)26-13-17(10-23)19(14-26)16-4-2-1-3-5-16/h1-9,17,19H,10-14,23H2,(H2,24,25,28)/t17-,19+/m1/s1. The molecular formula is C21H25FN4O2. The van der Waals surface area contributed by atoms with Gasteiger partial charge in [0.1, 0.15) is 5.82 Å². The molecule has 0 spiro atoms. The summed E-state index contributed by atoms with van der Waals surface area (Å²) in [6.07, 6.45) is 0. The van der Waals surface area contributed by atoms with Gasteiger partial charge in [-0.25, -0.2) is 9.18 Å². The molecule has 28 heavy (non-hydrogen) atoms. The maximum atomic E-state index is 12.9. The molecule has 1 heterocycles. The summed E-state index contributed by atoms with van der Waals surface area (Å²) in [5.74, 6) is -0.0380. The lowest BCUT2D eigenvalue weighted by atomic mass is 9.89. The summed E-state index contributed by atoms with van der Waals surface area (Å²) in [6.45, 7) is 1.88. The molecule has 1 fully saturated rings. The lowest BCUT2D eigenvalue weighted by molar-refractivity contribution is -0.129. The van der Waals surface area contributed by atoms with Gasteiger partial charge in [0.05, 0.1) is 6.54 Å². The Morgan fingerprint density at radius 2 is 1.75 bits per heavy atom. The number of nitrogens with two attached hydrogens (primary N) is 1. The lowest BCUT2D eigenvalue weighted by Crippen LogP contribution is -2.43. The van der Waals surface area contributed by atoms with Crippen molar-refractivity contribution in [2.75, 3.05) is 26.2 Å². The molecule has 0 bridgehead atoms. The number of urea groups is 1. The zero-order chi connectivity index (χ0) is 19.9. The van der Waals surface area contributed by atoms with Crippen molar-refractivity contribution >= 4 is 11.9 Å². The smallest absolute Gasteiger partial charge is 0.315 e. The Morgan fingerprint density at radius 3 is 2.43 bits per heavy atom. The van der Waals surface area contributed by atoms with E-state index in [2.05, 4.69) is 22.8 Å². The Morgan fingerprint density at radius 1 is 1.04 bits per heavy atom. The van der Waals surface area contributed by atoms with Gasteiger partial charge in [-0.05, 0) is 35.7 Å². The molecule has 6 nitrogen and oxygen atoms in total. The third kappa shape index (κ3) is 5.07. The van der Waals surface area contributed by atoms with E-state index in [-0.39, 0.29) is 36.6 Å². The second-order valence-electron chi connectivity index (χ2n) is 6.97. The normalized spacial score (nSPS) is 18.7. The second-order valence-corrected chi connectivity index (χ2v) is 6.97. The minimum atomic E-state index is -0.438. The summed E-state index contributed by atoms with van der Waals surface area (Å²) in [4.78, 5) is 26.2. The van der Waals surface area contributed by atoms with Crippen LogP contribution in [0.5, 0.6) is 0 Å². The first-order valence-electron chi connectivity index (χ1n) is 9.35. The minimum Gasteiger partial charge on any atom is -0.340 e. The van der Waals surface area contributed by atoms with Crippen LogP contribution in [0, 0.1) is 11.7 Å². The maximum Gasteiger partial charge on any atom is 0.315 e. The van der Waals surface area contributed by atoms with Crippen LogP contribution in [0.1, 0.15) is 17.0 Å². The molecule has 4 N–H and O–H groups in total. The summed E-state index contributed by atoms with van der Waals surface area (Å²) < 4.78 is 12.9. The maximum absolute atomic E-state index is 12.9. The number of rotatable bonds is 6. The summed E-state index contributed by atoms with van der Waals surface area (Å²) in [6, 6.07) is 15.5. The van der Waals surface area contributed by atoms with E-state index in [1.54, 1.807) is 17.0 Å². The average molecular weight is 384 g/mol. The second kappa shape index (κ2) is 9.32. The van der Waals surface area contributed by atoms with E-state index in [4.69, 9.17) is 5.73 Å². The monoisotopic (exact) mass is 384 g/mol. The molecule has 0 aliphatic carbocycles. The SMILES string of the molecule is NC[C@@H]1CN(C(=O)CNC(=O)NCc2ccc(F)cc2)C[C@H]1c1ccccc1. The van der Waals surface area contributed by atoms with Crippen molar-refractivity contribution < 1.29 is 14.0 Å². The molecule has 2 atom stereocenters. The van der Waals surface area contributed by atoms with Gasteiger partial charge in [0.2, 0.25) is 5.91 Å². The van der Waals surface area contributed by atoms with Gasteiger partial charge in [-0.1, -0.05) is 42.5 Å². The van der Waals surface area contributed by atoms with E-state index >= 15 is 0 Å². The number of likely N-dealkylation sites (tertiary alicyclic amines) is 1. The average Bonchev–Trinajstić information content (AvgIpc) is 3.17. The minimum absolute atomic E-state index is 0.0753. The highest BCUT2D eigenvalue weighted by molar-refractivity contribution is 5.84. The van der Waals surface area contributed by atoms with Crippen molar-refractivity contribution in [2.24, 2.45) is 11.7 Å². The van der Waals surface area contributed by atoms with Crippen molar-refractivity contribution in [3.8, 4) is 0 Å². The van der Waals surface area contributed by atoms with Gasteiger partial charge in [-0.15, -0.1) is 0 Å². The first-order chi connectivity index (χ1) is 13.6. The molecule has 0 saturated carbocycles. The van der Waals surface area contributed by atoms with Crippen molar-refractivity contribution in [3.63, 3.8) is 0 Å². The largest absolute Gasteiger partial charge is 0.340 e. The zero-order valence-corrected chi connectivity index (χ0v) is 15.6. The van der Waals surface area contributed by atoms with E-state index in [9.17, 15) is 14.0 Å². The molecule has 0 aromatic heterocycles. The van der Waals surface area contributed by atoms with Crippen LogP contribution in [-0.2, 0) is 11.3 Å². The van der Waals surface area contributed by atoms with Gasteiger partial charge in [-0.2, -0.15) is 0 Å². The van der Waals surface area contributed by atoms with Crippen LogP contribution in [-0.4, -0.2) is 43.0 Å². The highest BCUT2D eigenvalue weighted by Crippen LogP contribution is 2.31. The predicted octanol–water partition coefficient (Wildman–Crippen LogP) is 1.83. The van der Waals surface area contributed by atoms with Crippen molar-refractivity contribution in [1.82, 2.24) is 15.5 Å². The van der Waals surface area contributed by atoms with Crippen molar-refractivity contribution in [3.05, 3.63) is 71.5 Å². The molecule has 148 valence electrons. The Bertz CT molecular complexity index is 798. The molecule has 1 aliphatic rings. The zero-order valence-electron chi connectivity index (χ0n) is 15.6. The first kappa shape index (κ1) is 19.8. The highest BCUT2D eigenvalue weighted by atomic mass is 19.1. The Labute approximate surface area is 163 Å². The molecule has 0 radical (unpaired) electrons. The molecule has 7 heteroatoms. The van der Waals surface area contributed by atoms with Crippen LogP contribution in [0.25, 0.3) is 0 Å². The number of hydrogen-bond donors (Lipinski definition) is 3. The molecule has 3 amide bonds. The van der Waals surface area contributed by atoms with Crippen LogP contribution in [0.2, 0.25) is 0 Å². The number of nitrogens with one attached hydrogen (secondary N) is 2. The van der Waals surface area contributed by atoms with Crippen LogP contribution < -0.4 is 16.4 Å². The summed E-state index contributed by atoms with van der Waals surface area (Å²) in [5, 5.41) is 5.24. The molecule has 1 aliphatic heterocycles. The first-order valence-corrected chi connectivity index (χ1v) is 9.35. The van der Waals surface area contributed by atoms with Gasteiger partial charge in [0, 0.05) is 25.6 Å². The van der Waals surface area contributed by atoms with Crippen molar-refractivity contribution in [1.29, 1.82) is 0 Å². The summed E-state index contributed by atoms with van der Waals surface area (Å²) in [7, 11) is 0. The third-order valence-electron chi connectivity index (χ3n) is 5.09. The topological polar surface area (TPSA) is 87.5 Å². The molecule has 0 unspecified atom stereocenters. The molecule has 3 rings (SSSR count). The number of nitrogens with zero attached hydrogens (tertiary/aromatic N) is 1. The van der Waals surface area contributed by atoms with Crippen LogP contribution in [0.15, 0.2) is 54.6 Å². The van der Waals surface area contributed by atoms with Gasteiger partial charge < -0.3 is 21.3 Å². The van der Waals surface area contributed by atoms with Crippen LogP contribution in [0.3, 0.4) is 0 Å². The fraction of sp³-hybridized carbons (Fsp3) is 0.333. The van der Waals surface area contributed by atoms with Crippen LogP contribution >= 0.6 is 0 Å². The Kier molecular flexibility index (Phi) is 6.60. The number of carbonyl (C=O) groups excluding carboxylic acids is 2. The Balaban J connectivity index is 1.46. The molecule has 1 saturated heterocycles. The number of halogens is 1. The summed E-state index contributed by atoms with van der Waals surface area (Å²) in [5.41, 5.74) is 7.86. The van der Waals surface area contributed by atoms with Gasteiger partial charge in [0.15, 0.2) is 0 Å². The van der Waals surface area contributed by atoms with E-state index in [0.29, 0.717) is 19.6 Å². The van der Waals surface area contributed by atoms with E-state index in [1.807, 2.05) is 18.2 Å². The predicted molar refractivity (Wildman–Crippen MR) is 105 cm³/mol. The van der Waals surface area contributed by atoms with Crippen LogP contribution in [0.4, 0.5) is 9.18 Å². The fourth-order valence-corrected chi connectivity index (χ4v) is 3.51. The van der Waals surface area contributed by atoms with E-state index in [1.165, 1.54) is 17.7 Å². The lowest BCUT2D eigenvalue weighted by Gasteiger charge is -2.17. The van der Waals surface area contributed by atoms with Gasteiger partial charge in [-0.3, -0.25) is 4.79 Å². The van der Waals surface area contributed by atoms with E-state index < -0.39 is 6.03 Å². The van der Waals surface area contributed by atoms with E-state index in [0.717, 1.165) is 5.56 Å². The molecule has 2 aromatic carbocycles. The molecular weight excluding hydrogens is 359 g/mol. The van der Waals surface area contributed by atoms with Gasteiger partial charge in [0.25, 0.3) is 0 Å². The quantitative estimate of drug-likeness (QED) is 0.710. The highest BCUT2D eigenvalue weighted by Gasteiger charge is 2.35. The summed E-state index contributed by atoms with van der Waals surface area (Å²) >= 11 is 0. The third-order valence-corrected chi connectivity index (χ3v) is 5.09. The number of carbonyl (C=O) groups is 2. The van der Waals surface area contributed by atoms with Crippen molar-refractivity contribution in [2.45, 2.75) is 12.5 Å². The number of hydrogen-bond acceptors (Lipinski definition) is 3. The number of benzene rings is 2. The fourth-order valence-electron chi connectivity index (χ4n) is 3.51. The van der Waals surface area contributed by atoms with Gasteiger partial charge >= 0.3 is 6.03 Å². The Hall–Kier alpha value is -2.93.